The number of carbonyl (C=O) groups is 1. The molecule has 1 N–H and O–H groups in total. The third-order valence-corrected chi connectivity index (χ3v) is 2.60. The van der Waals surface area contributed by atoms with Crippen molar-refractivity contribution in [2.45, 2.75) is 33.3 Å². The highest BCUT2D eigenvalue weighted by molar-refractivity contribution is 6.01. The van der Waals surface area contributed by atoms with Gasteiger partial charge in [0.05, 0.1) is 0 Å². The molecule has 100 valence electrons. The van der Waals surface area contributed by atoms with Crippen LogP contribution in [0.1, 0.15) is 27.7 Å². The Morgan fingerprint density at radius 2 is 1.94 bits per heavy atom. The lowest BCUT2D eigenvalue weighted by atomic mass is 10.1. The Bertz CT molecular complexity index is 444. The normalized spacial score (nSPS) is 16.1. The highest BCUT2D eigenvalue weighted by Gasteiger charge is 2.39. The average Bonchev–Trinajstić information content (AvgIpc) is 2.38. The van der Waals surface area contributed by atoms with Crippen molar-refractivity contribution in [3.63, 3.8) is 0 Å². The topological polar surface area (TPSA) is 54.5 Å². The molecular formula is C13H21N3O2. The zero-order chi connectivity index (χ0) is 13.9. The molecule has 0 radical (unpaired) electrons. The second-order valence-electron chi connectivity index (χ2n) is 4.24. The zero-order valence-corrected chi connectivity index (χ0v) is 11.9. The number of hydrogen-bond donors (Lipinski definition) is 1. The van der Waals surface area contributed by atoms with Crippen LogP contribution in [0.15, 0.2) is 12.1 Å². The molecule has 0 aromatic carbocycles. The number of fused-ring (bicyclic) bond motifs is 1. The molecule has 0 fully saturated rings. The van der Waals surface area contributed by atoms with Gasteiger partial charge in [-0.2, -0.15) is 0 Å². The van der Waals surface area contributed by atoms with Crippen LogP contribution in [0, 0.1) is 0 Å². The molecule has 2 rings (SSSR count). The van der Waals surface area contributed by atoms with Crippen molar-refractivity contribution < 1.29 is 9.53 Å². The molecule has 18 heavy (non-hydrogen) atoms. The molecule has 0 saturated carbocycles. The van der Waals surface area contributed by atoms with Crippen LogP contribution in [0.2, 0.25) is 0 Å². The highest BCUT2D eigenvalue weighted by atomic mass is 16.5. The Labute approximate surface area is 108 Å². The number of aromatic nitrogens is 1. The van der Waals surface area contributed by atoms with E-state index in [1.807, 2.05) is 26.0 Å². The van der Waals surface area contributed by atoms with Gasteiger partial charge in [0.15, 0.2) is 17.2 Å². The molecule has 5 nitrogen and oxygen atoms in total. The van der Waals surface area contributed by atoms with E-state index in [0.717, 1.165) is 0 Å². The third-order valence-electron chi connectivity index (χ3n) is 2.60. The van der Waals surface area contributed by atoms with Gasteiger partial charge in [-0.25, -0.2) is 4.98 Å². The number of ether oxygens (including phenoxy) is 1. The number of amides is 1. The molecule has 1 aromatic heterocycles. The summed E-state index contributed by atoms with van der Waals surface area (Å²) in [6, 6.07) is 3.64. The lowest BCUT2D eigenvalue weighted by Gasteiger charge is -2.36. The van der Waals surface area contributed by atoms with Crippen LogP contribution in [-0.2, 0) is 4.79 Å². The molecule has 0 aliphatic carbocycles. The quantitative estimate of drug-likeness (QED) is 0.832. The Balaban J connectivity index is 0.000000771. The fourth-order valence-corrected chi connectivity index (χ4v) is 1.71. The maximum atomic E-state index is 11.9. The largest absolute Gasteiger partial charge is 0.474 e. The number of likely N-dealkylation sites (N-methyl/N-ethyl adjacent to an activating group) is 1. The average molecular weight is 251 g/mol. The smallest absolute Gasteiger partial charge is 0.271 e. The summed E-state index contributed by atoms with van der Waals surface area (Å²) in [5, 5.41) is 2.93. The van der Waals surface area contributed by atoms with E-state index in [9.17, 15) is 4.79 Å². The predicted octanol–water partition coefficient (Wildman–Crippen LogP) is 2.28. The number of nitrogens with zero attached hydrogens (tertiary/aromatic N) is 2. The fraction of sp³-hybridized carbons (Fsp3) is 0.538. The first-order chi connectivity index (χ1) is 8.45. The van der Waals surface area contributed by atoms with Gasteiger partial charge in [0.2, 0.25) is 0 Å². The first-order valence-electron chi connectivity index (χ1n) is 6.11. The summed E-state index contributed by atoms with van der Waals surface area (Å²) in [5.41, 5.74) is -0.829. The summed E-state index contributed by atoms with van der Waals surface area (Å²) in [6.45, 7) is 7.50. The number of anilines is 2. The van der Waals surface area contributed by atoms with Crippen LogP contribution in [0.5, 0.6) is 5.75 Å². The number of pyridine rings is 1. The minimum Gasteiger partial charge on any atom is -0.474 e. The first-order valence-corrected chi connectivity index (χ1v) is 6.11. The number of nitrogens with one attached hydrogen (secondary N) is 1. The second kappa shape index (κ2) is 5.25. The summed E-state index contributed by atoms with van der Waals surface area (Å²) < 4.78 is 5.62. The van der Waals surface area contributed by atoms with Crippen molar-refractivity contribution >= 4 is 17.5 Å². The Hall–Kier alpha value is -1.78. The Morgan fingerprint density at radius 3 is 2.50 bits per heavy atom. The zero-order valence-electron chi connectivity index (χ0n) is 11.9. The van der Waals surface area contributed by atoms with E-state index < -0.39 is 5.60 Å². The number of hydrogen-bond acceptors (Lipinski definition) is 4. The summed E-state index contributed by atoms with van der Waals surface area (Å²) in [7, 11) is 3.49. The maximum absolute atomic E-state index is 11.9. The van der Waals surface area contributed by atoms with Gasteiger partial charge in [-0.3, -0.25) is 9.69 Å². The highest BCUT2D eigenvalue weighted by Crippen LogP contribution is 2.35. The second-order valence-corrected chi connectivity index (χ2v) is 4.24. The van der Waals surface area contributed by atoms with Crippen LogP contribution in [-0.4, -0.2) is 30.6 Å². The van der Waals surface area contributed by atoms with Crippen molar-refractivity contribution in [1.82, 2.24) is 4.98 Å². The van der Waals surface area contributed by atoms with E-state index in [-0.39, 0.29) is 5.91 Å². The van der Waals surface area contributed by atoms with Gasteiger partial charge >= 0.3 is 0 Å². The molecule has 1 aliphatic heterocycles. The van der Waals surface area contributed by atoms with E-state index in [1.165, 1.54) is 4.90 Å². The van der Waals surface area contributed by atoms with E-state index in [4.69, 9.17) is 4.74 Å². The molecule has 0 bridgehead atoms. The van der Waals surface area contributed by atoms with Crippen molar-refractivity contribution in [1.29, 1.82) is 0 Å². The van der Waals surface area contributed by atoms with Crippen LogP contribution < -0.4 is 15.0 Å². The van der Waals surface area contributed by atoms with Gasteiger partial charge < -0.3 is 10.1 Å². The minimum absolute atomic E-state index is 0.0965. The van der Waals surface area contributed by atoms with Crippen molar-refractivity contribution in [2.75, 3.05) is 24.3 Å². The number of rotatable bonds is 1. The van der Waals surface area contributed by atoms with E-state index in [0.29, 0.717) is 17.4 Å². The van der Waals surface area contributed by atoms with E-state index >= 15 is 0 Å². The van der Waals surface area contributed by atoms with Gasteiger partial charge in [0, 0.05) is 14.1 Å². The SMILES string of the molecule is CC.CNc1ccc2c(n1)N(C)C(=O)C(C)(C)O2. The molecular weight excluding hydrogens is 230 g/mol. The van der Waals surface area contributed by atoms with E-state index in [1.54, 1.807) is 27.9 Å². The van der Waals surface area contributed by atoms with Crippen LogP contribution in [0.3, 0.4) is 0 Å². The predicted molar refractivity (Wildman–Crippen MR) is 73.2 cm³/mol. The molecule has 5 heteroatoms. The van der Waals surface area contributed by atoms with Crippen LogP contribution in [0.25, 0.3) is 0 Å². The molecule has 1 aromatic rings. The molecule has 0 unspecified atom stereocenters. The molecule has 0 atom stereocenters. The van der Waals surface area contributed by atoms with Crippen LogP contribution in [0.4, 0.5) is 11.6 Å². The molecule has 0 spiro atoms. The summed E-state index contributed by atoms with van der Waals surface area (Å²) in [5.74, 6) is 1.80. The number of carbonyl (C=O) groups excluding carboxylic acids is 1. The molecule has 0 saturated heterocycles. The summed E-state index contributed by atoms with van der Waals surface area (Å²) in [4.78, 5) is 17.8. The van der Waals surface area contributed by atoms with Crippen molar-refractivity contribution in [3.05, 3.63) is 12.1 Å². The van der Waals surface area contributed by atoms with E-state index in [2.05, 4.69) is 10.3 Å². The monoisotopic (exact) mass is 251 g/mol. The Morgan fingerprint density at radius 1 is 1.33 bits per heavy atom. The minimum atomic E-state index is -0.829. The van der Waals surface area contributed by atoms with Gasteiger partial charge in [-0.1, -0.05) is 13.8 Å². The molecule has 1 aliphatic rings. The van der Waals surface area contributed by atoms with Gasteiger partial charge in [0.1, 0.15) is 5.82 Å². The van der Waals surface area contributed by atoms with Gasteiger partial charge in [0.25, 0.3) is 5.91 Å². The summed E-state index contributed by atoms with van der Waals surface area (Å²) >= 11 is 0. The fourth-order valence-electron chi connectivity index (χ4n) is 1.71. The van der Waals surface area contributed by atoms with Gasteiger partial charge in [-0.05, 0) is 26.0 Å². The first kappa shape index (κ1) is 14.3. The molecule has 1 amide bonds. The van der Waals surface area contributed by atoms with Gasteiger partial charge in [-0.15, -0.1) is 0 Å². The lowest BCUT2D eigenvalue weighted by Crippen LogP contribution is -2.51. The van der Waals surface area contributed by atoms with Crippen LogP contribution >= 0.6 is 0 Å². The van der Waals surface area contributed by atoms with Crippen molar-refractivity contribution in [2.24, 2.45) is 0 Å². The molecule has 2 heterocycles. The standard InChI is InChI=1S/C11H15N3O2.C2H6/c1-11(2)10(15)14(4)9-7(16-11)5-6-8(12-3)13-9;1-2/h5-6H,1-4H3,(H,12,13);1-2H3. The Kier molecular flexibility index (Phi) is 4.16. The maximum Gasteiger partial charge on any atom is 0.271 e. The lowest BCUT2D eigenvalue weighted by molar-refractivity contribution is -0.132. The van der Waals surface area contributed by atoms with Crippen molar-refractivity contribution in [3.8, 4) is 5.75 Å². The third kappa shape index (κ3) is 2.39. The summed E-state index contributed by atoms with van der Waals surface area (Å²) in [6.07, 6.45) is 0.